The second-order valence-electron chi connectivity index (χ2n) is 5.42. The minimum atomic E-state index is 0.0220. The summed E-state index contributed by atoms with van der Waals surface area (Å²) in [6.07, 6.45) is 3.46. The predicted molar refractivity (Wildman–Crippen MR) is 93.3 cm³/mol. The van der Waals surface area contributed by atoms with Crippen LogP contribution in [-0.2, 0) is 0 Å². The van der Waals surface area contributed by atoms with Gasteiger partial charge in [0.2, 0.25) is 0 Å². The molecule has 0 aromatic heterocycles. The molecule has 22 heavy (non-hydrogen) atoms. The number of carbonyl (C=O) groups excluding carboxylic acids is 1. The Bertz CT molecular complexity index is 616. The van der Waals surface area contributed by atoms with Gasteiger partial charge < -0.3 is 10.2 Å². The molecule has 3 nitrogen and oxygen atoms in total. The number of ketones is 1. The average molecular weight is 294 g/mol. The Morgan fingerprint density at radius 3 is 2.36 bits per heavy atom. The van der Waals surface area contributed by atoms with E-state index in [4.69, 9.17) is 0 Å². The van der Waals surface area contributed by atoms with Gasteiger partial charge in [-0.1, -0.05) is 48.5 Å². The third kappa shape index (κ3) is 5.19. The number of nitrogens with one attached hydrogen (secondary N) is 1. The molecular formula is C19H22N2O. The van der Waals surface area contributed by atoms with Gasteiger partial charge in [0, 0.05) is 24.3 Å². The van der Waals surface area contributed by atoms with Crippen LogP contribution in [0.2, 0.25) is 0 Å². The number of anilines is 1. The molecule has 0 bridgehead atoms. The highest BCUT2D eigenvalue weighted by Crippen LogP contribution is 2.11. The molecule has 0 fully saturated rings. The third-order valence-corrected chi connectivity index (χ3v) is 3.28. The van der Waals surface area contributed by atoms with Crippen molar-refractivity contribution in [3.8, 4) is 0 Å². The number of nitrogens with zero attached hydrogens (tertiary/aromatic N) is 1. The summed E-state index contributed by atoms with van der Waals surface area (Å²) in [5, 5.41) is 3.36. The van der Waals surface area contributed by atoms with Crippen molar-refractivity contribution in [2.75, 3.05) is 32.5 Å². The highest BCUT2D eigenvalue weighted by atomic mass is 16.1. The van der Waals surface area contributed by atoms with Gasteiger partial charge in [-0.2, -0.15) is 0 Å². The molecule has 0 saturated heterocycles. The van der Waals surface area contributed by atoms with Gasteiger partial charge in [0.05, 0.1) is 0 Å². The quantitative estimate of drug-likeness (QED) is 0.626. The van der Waals surface area contributed by atoms with E-state index in [0.29, 0.717) is 5.56 Å². The Kier molecular flexibility index (Phi) is 5.92. The zero-order chi connectivity index (χ0) is 15.8. The van der Waals surface area contributed by atoms with E-state index in [-0.39, 0.29) is 5.78 Å². The van der Waals surface area contributed by atoms with E-state index in [1.54, 1.807) is 6.08 Å². The fourth-order valence-electron chi connectivity index (χ4n) is 2.01. The van der Waals surface area contributed by atoms with Crippen molar-refractivity contribution in [1.82, 2.24) is 4.90 Å². The first-order chi connectivity index (χ1) is 10.6. The van der Waals surface area contributed by atoms with Crippen LogP contribution >= 0.6 is 0 Å². The van der Waals surface area contributed by atoms with Gasteiger partial charge >= 0.3 is 0 Å². The maximum Gasteiger partial charge on any atom is 0.185 e. The van der Waals surface area contributed by atoms with E-state index in [2.05, 4.69) is 24.3 Å². The van der Waals surface area contributed by atoms with Crippen molar-refractivity contribution < 1.29 is 4.79 Å². The SMILES string of the molecule is CN(C)CCNc1ccc(C=CC(=O)c2ccccc2)cc1. The number of rotatable bonds is 7. The lowest BCUT2D eigenvalue weighted by atomic mass is 10.1. The number of likely N-dealkylation sites (N-methyl/N-ethyl adjacent to an activating group) is 1. The Balaban J connectivity index is 1.91. The molecule has 0 spiro atoms. The fraction of sp³-hybridized carbons (Fsp3) is 0.211. The second-order valence-corrected chi connectivity index (χ2v) is 5.42. The van der Waals surface area contributed by atoms with Crippen LogP contribution in [0.5, 0.6) is 0 Å². The van der Waals surface area contributed by atoms with Crippen LogP contribution in [0.25, 0.3) is 6.08 Å². The summed E-state index contributed by atoms with van der Waals surface area (Å²) in [6, 6.07) is 17.4. The second kappa shape index (κ2) is 8.15. The minimum Gasteiger partial charge on any atom is -0.384 e. The standard InChI is InChI=1S/C19H22N2O/c1-21(2)15-14-20-18-11-8-16(9-12-18)10-13-19(22)17-6-4-3-5-7-17/h3-13,20H,14-15H2,1-2H3. The number of allylic oxidation sites excluding steroid dienone is 1. The maximum absolute atomic E-state index is 12.0. The van der Waals surface area contributed by atoms with Gasteiger partial charge in [0.1, 0.15) is 0 Å². The molecule has 2 aromatic rings. The molecule has 0 aliphatic carbocycles. The summed E-state index contributed by atoms with van der Waals surface area (Å²) in [5.74, 6) is 0.0220. The average Bonchev–Trinajstić information content (AvgIpc) is 2.54. The predicted octanol–water partition coefficient (Wildman–Crippen LogP) is 3.56. The van der Waals surface area contributed by atoms with Gasteiger partial charge in [0.15, 0.2) is 5.78 Å². The Hall–Kier alpha value is -2.39. The summed E-state index contributed by atoms with van der Waals surface area (Å²) < 4.78 is 0. The van der Waals surface area contributed by atoms with Crippen molar-refractivity contribution in [2.45, 2.75) is 0 Å². The Morgan fingerprint density at radius 2 is 1.73 bits per heavy atom. The largest absolute Gasteiger partial charge is 0.384 e. The number of hydrogen-bond donors (Lipinski definition) is 1. The smallest absolute Gasteiger partial charge is 0.185 e. The van der Waals surface area contributed by atoms with E-state index < -0.39 is 0 Å². The highest BCUT2D eigenvalue weighted by Gasteiger charge is 1.99. The Labute approximate surface area is 132 Å². The van der Waals surface area contributed by atoms with Crippen molar-refractivity contribution >= 4 is 17.5 Å². The van der Waals surface area contributed by atoms with Gasteiger partial charge in [-0.25, -0.2) is 0 Å². The van der Waals surface area contributed by atoms with E-state index in [1.165, 1.54) is 0 Å². The number of hydrogen-bond acceptors (Lipinski definition) is 3. The first-order valence-electron chi connectivity index (χ1n) is 7.41. The molecule has 0 atom stereocenters. The normalized spacial score (nSPS) is 11.0. The van der Waals surface area contributed by atoms with Crippen LogP contribution in [0.3, 0.4) is 0 Å². The topological polar surface area (TPSA) is 32.3 Å². The first-order valence-corrected chi connectivity index (χ1v) is 7.41. The van der Waals surface area contributed by atoms with Crippen molar-refractivity contribution in [3.05, 3.63) is 71.8 Å². The van der Waals surface area contributed by atoms with Crippen molar-refractivity contribution in [3.63, 3.8) is 0 Å². The van der Waals surface area contributed by atoms with Crippen LogP contribution in [0.4, 0.5) is 5.69 Å². The fourth-order valence-corrected chi connectivity index (χ4v) is 2.01. The van der Waals surface area contributed by atoms with Crippen molar-refractivity contribution in [2.24, 2.45) is 0 Å². The summed E-state index contributed by atoms with van der Waals surface area (Å²) in [6.45, 7) is 1.90. The van der Waals surface area contributed by atoms with Gasteiger partial charge in [0.25, 0.3) is 0 Å². The van der Waals surface area contributed by atoms with Crippen LogP contribution in [-0.4, -0.2) is 37.9 Å². The molecule has 2 aromatic carbocycles. The lowest BCUT2D eigenvalue weighted by Crippen LogP contribution is -2.20. The molecule has 0 amide bonds. The molecule has 0 unspecified atom stereocenters. The monoisotopic (exact) mass is 294 g/mol. The minimum absolute atomic E-state index is 0.0220. The molecular weight excluding hydrogens is 272 g/mol. The highest BCUT2D eigenvalue weighted by molar-refractivity contribution is 6.06. The molecule has 0 saturated carbocycles. The van der Waals surface area contributed by atoms with Crippen LogP contribution < -0.4 is 5.32 Å². The van der Waals surface area contributed by atoms with Crippen LogP contribution in [0.1, 0.15) is 15.9 Å². The number of carbonyl (C=O) groups is 1. The lowest BCUT2D eigenvalue weighted by molar-refractivity contribution is 0.104. The summed E-state index contributed by atoms with van der Waals surface area (Å²) in [7, 11) is 4.11. The molecule has 2 rings (SSSR count). The van der Waals surface area contributed by atoms with Gasteiger partial charge in [-0.05, 0) is 37.9 Å². The van der Waals surface area contributed by atoms with Crippen LogP contribution in [0, 0.1) is 0 Å². The molecule has 114 valence electrons. The summed E-state index contributed by atoms with van der Waals surface area (Å²) in [4.78, 5) is 14.1. The molecule has 0 aliphatic rings. The van der Waals surface area contributed by atoms with Crippen molar-refractivity contribution in [1.29, 1.82) is 0 Å². The van der Waals surface area contributed by atoms with E-state index in [1.807, 2.05) is 60.7 Å². The zero-order valence-electron chi connectivity index (χ0n) is 13.1. The van der Waals surface area contributed by atoms with Crippen LogP contribution in [0.15, 0.2) is 60.7 Å². The molecule has 0 heterocycles. The molecule has 0 aliphatic heterocycles. The maximum atomic E-state index is 12.0. The van der Waals surface area contributed by atoms with Gasteiger partial charge in [-0.3, -0.25) is 4.79 Å². The third-order valence-electron chi connectivity index (χ3n) is 3.28. The van der Waals surface area contributed by atoms with E-state index in [0.717, 1.165) is 24.3 Å². The lowest BCUT2D eigenvalue weighted by Gasteiger charge is -2.11. The first kappa shape index (κ1) is 16.0. The molecule has 3 heteroatoms. The number of benzene rings is 2. The van der Waals surface area contributed by atoms with E-state index in [9.17, 15) is 4.79 Å². The molecule has 1 N–H and O–H groups in total. The van der Waals surface area contributed by atoms with Gasteiger partial charge in [-0.15, -0.1) is 0 Å². The molecule has 0 radical (unpaired) electrons. The zero-order valence-corrected chi connectivity index (χ0v) is 13.1. The Morgan fingerprint density at radius 1 is 1.05 bits per heavy atom. The van der Waals surface area contributed by atoms with E-state index >= 15 is 0 Å². The summed E-state index contributed by atoms with van der Waals surface area (Å²) >= 11 is 0. The summed E-state index contributed by atoms with van der Waals surface area (Å²) in [5.41, 5.74) is 2.82.